The molecular weight excluding hydrogens is 264 g/mol. The van der Waals surface area contributed by atoms with Crippen molar-refractivity contribution in [2.24, 2.45) is 5.73 Å². The van der Waals surface area contributed by atoms with Crippen molar-refractivity contribution in [3.8, 4) is 0 Å². The Kier molecular flexibility index (Phi) is 3.81. The molecule has 0 atom stereocenters. The zero-order chi connectivity index (χ0) is 14.7. The molecule has 5 heteroatoms. The summed E-state index contributed by atoms with van der Waals surface area (Å²) in [5, 5.41) is 7.96. The minimum absolute atomic E-state index is 0.206. The molecule has 0 unspecified atom stereocenters. The number of aromatic nitrogens is 2. The predicted octanol–water partition coefficient (Wildman–Crippen LogP) is 1.96. The molecule has 1 aliphatic heterocycles. The second-order valence-electron chi connectivity index (χ2n) is 5.31. The Balaban J connectivity index is 1.64. The van der Waals surface area contributed by atoms with Crippen molar-refractivity contribution in [1.29, 1.82) is 0 Å². The maximum absolute atomic E-state index is 11.0. The molecule has 2 N–H and O–H groups in total. The first-order valence-corrected chi connectivity index (χ1v) is 7.17. The van der Waals surface area contributed by atoms with Crippen LogP contribution in [0.1, 0.15) is 34.8 Å². The fourth-order valence-electron chi connectivity index (χ4n) is 2.79. The summed E-state index contributed by atoms with van der Waals surface area (Å²) < 4.78 is 0. The zero-order valence-corrected chi connectivity index (χ0v) is 11.8. The molecule has 0 bridgehead atoms. The Morgan fingerprint density at radius 1 is 1.05 bits per heavy atom. The highest BCUT2D eigenvalue weighted by Gasteiger charge is 2.21. The number of carbonyl (C=O) groups excluding carboxylic acids is 1. The van der Waals surface area contributed by atoms with Gasteiger partial charge in [-0.05, 0) is 36.5 Å². The number of piperidine rings is 1. The van der Waals surface area contributed by atoms with Gasteiger partial charge in [0, 0.05) is 13.1 Å². The van der Waals surface area contributed by atoms with Gasteiger partial charge in [0.15, 0.2) is 11.5 Å². The highest BCUT2D eigenvalue weighted by molar-refractivity contribution is 5.90. The van der Waals surface area contributed by atoms with Gasteiger partial charge in [0.1, 0.15) is 0 Å². The molecular formula is C16H18N4O. The van der Waals surface area contributed by atoms with Gasteiger partial charge in [-0.2, -0.15) is 0 Å². The van der Waals surface area contributed by atoms with Crippen LogP contribution in [0.4, 0.5) is 5.82 Å². The summed E-state index contributed by atoms with van der Waals surface area (Å²) in [7, 11) is 0. The molecule has 3 rings (SSSR count). The summed E-state index contributed by atoms with van der Waals surface area (Å²) in [6, 6.07) is 14.1. The van der Waals surface area contributed by atoms with Crippen LogP contribution >= 0.6 is 0 Å². The summed E-state index contributed by atoms with van der Waals surface area (Å²) in [5.41, 5.74) is 6.79. The Hall–Kier alpha value is -2.43. The van der Waals surface area contributed by atoms with Gasteiger partial charge < -0.3 is 10.6 Å². The lowest BCUT2D eigenvalue weighted by molar-refractivity contribution is 0.0994. The smallest absolute Gasteiger partial charge is 0.269 e. The number of hydrogen-bond donors (Lipinski definition) is 1. The fourth-order valence-corrected chi connectivity index (χ4v) is 2.79. The van der Waals surface area contributed by atoms with Crippen molar-refractivity contribution in [3.05, 3.63) is 53.7 Å². The molecule has 108 valence electrons. The standard InChI is InChI=1S/C16H18N4O/c17-16(21)14-6-7-15(19-18-14)20-10-8-13(9-11-20)12-4-2-1-3-5-12/h1-7,13H,8-11H2,(H2,17,21). The summed E-state index contributed by atoms with van der Waals surface area (Å²) in [5.74, 6) is 0.878. The van der Waals surface area contributed by atoms with Crippen molar-refractivity contribution in [2.75, 3.05) is 18.0 Å². The highest BCUT2D eigenvalue weighted by Crippen LogP contribution is 2.29. The van der Waals surface area contributed by atoms with Gasteiger partial charge in [-0.25, -0.2) is 0 Å². The van der Waals surface area contributed by atoms with E-state index in [1.54, 1.807) is 6.07 Å². The van der Waals surface area contributed by atoms with E-state index in [0.29, 0.717) is 5.92 Å². The molecule has 2 heterocycles. The van der Waals surface area contributed by atoms with Crippen LogP contribution in [-0.2, 0) is 0 Å². The summed E-state index contributed by atoms with van der Waals surface area (Å²) in [6.07, 6.45) is 2.20. The van der Waals surface area contributed by atoms with Gasteiger partial charge >= 0.3 is 0 Å². The largest absolute Gasteiger partial charge is 0.364 e. The van der Waals surface area contributed by atoms with Crippen LogP contribution in [-0.4, -0.2) is 29.2 Å². The third kappa shape index (κ3) is 3.02. The van der Waals surface area contributed by atoms with Crippen molar-refractivity contribution < 1.29 is 4.79 Å². The molecule has 0 spiro atoms. The SMILES string of the molecule is NC(=O)c1ccc(N2CCC(c3ccccc3)CC2)nn1. The first kappa shape index (κ1) is 13.5. The topological polar surface area (TPSA) is 72.1 Å². The van der Waals surface area contributed by atoms with Crippen molar-refractivity contribution in [2.45, 2.75) is 18.8 Å². The van der Waals surface area contributed by atoms with Crippen molar-refractivity contribution in [1.82, 2.24) is 10.2 Å². The van der Waals surface area contributed by atoms with Crippen molar-refractivity contribution in [3.63, 3.8) is 0 Å². The number of nitrogens with two attached hydrogens (primary N) is 1. The number of primary amides is 1. The molecule has 0 aliphatic carbocycles. The number of anilines is 1. The minimum atomic E-state index is -0.545. The molecule has 1 aliphatic rings. The van der Waals surface area contributed by atoms with Crippen LogP contribution < -0.4 is 10.6 Å². The number of nitrogens with zero attached hydrogens (tertiary/aromatic N) is 3. The Bertz CT molecular complexity index is 604. The molecule has 0 saturated carbocycles. The van der Waals surface area contributed by atoms with Gasteiger partial charge in [-0.3, -0.25) is 4.79 Å². The zero-order valence-electron chi connectivity index (χ0n) is 11.8. The Labute approximate surface area is 123 Å². The van der Waals surface area contributed by atoms with E-state index < -0.39 is 5.91 Å². The fraction of sp³-hybridized carbons (Fsp3) is 0.312. The molecule has 2 aromatic rings. The Morgan fingerprint density at radius 3 is 2.33 bits per heavy atom. The lowest BCUT2D eigenvalue weighted by Gasteiger charge is -2.32. The molecule has 1 amide bonds. The number of benzene rings is 1. The molecule has 1 aromatic carbocycles. The third-order valence-electron chi connectivity index (χ3n) is 3.99. The van der Waals surface area contributed by atoms with E-state index in [2.05, 4.69) is 45.4 Å². The average molecular weight is 282 g/mol. The summed E-state index contributed by atoms with van der Waals surface area (Å²) >= 11 is 0. The van der Waals surface area contributed by atoms with Gasteiger partial charge in [-0.1, -0.05) is 30.3 Å². The van der Waals surface area contributed by atoms with E-state index in [-0.39, 0.29) is 5.69 Å². The third-order valence-corrected chi connectivity index (χ3v) is 3.99. The van der Waals surface area contributed by atoms with E-state index in [9.17, 15) is 4.79 Å². The van der Waals surface area contributed by atoms with Crippen LogP contribution in [0, 0.1) is 0 Å². The van der Waals surface area contributed by atoms with Gasteiger partial charge in [-0.15, -0.1) is 10.2 Å². The lowest BCUT2D eigenvalue weighted by atomic mass is 9.89. The van der Waals surface area contributed by atoms with Crippen LogP contribution in [0.3, 0.4) is 0 Å². The van der Waals surface area contributed by atoms with E-state index >= 15 is 0 Å². The van der Waals surface area contributed by atoms with Gasteiger partial charge in [0.25, 0.3) is 5.91 Å². The maximum Gasteiger partial charge on any atom is 0.269 e. The van der Waals surface area contributed by atoms with Crippen LogP contribution in [0.5, 0.6) is 0 Å². The number of amides is 1. The minimum Gasteiger partial charge on any atom is -0.364 e. The van der Waals surface area contributed by atoms with Crippen LogP contribution in [0.15, 0.2) is 42.5 Å². The summed E-state index contributed by atoms with van der Waals surface area (Å²) in [6.45, 7) is 1.90. The van der Waals surface area contributed by atoms with Crippen LogP contribution in [0.25, 0.3) is 0 Å². The number of hydrogen-bond acceptors (Lipinski definition) is 4. The lowest BCUT2D eigenvalue weighted by Crippen LogP contribution is -2.33. The van der Waals surface area contributed by atoms with E-state index in [0.717, 1.165) is 31.7 Å². The first-order valence-electron chi connectivity index (χ1n) is 7.17. The average Bonchev–Trinajstić information content (AvgIpc) is 2.56. The van der Waals surface area contributed by atoms with E-state index in [4.69, 9.17) is 5.73 Å². The quantitative estimate of drug-likeness (QED) is 0.934. The molecule has 1 aromatic heterocycles. The monoisotopic (exact) mass is 282 g/mol. The molecule has 1 saturated heterocycles. The predicted molar refractivity (Wildman–Crippen MR) is 81.2 cm³/mol. The second-order valence-corrected chi connectivity index (χ2v) is 5.31. The summed E-state index contributed by atoms with van der Waals surface area (Å²) in [4.78, 5) is 13.2. The number of rotatable bonds is 3. The molecule has 1 fully saturated rings. The maximum atomic E-state index is 11.0. The second kappa shape index (κ2) is 5.91. The molecule has 0 radical (unpaired) electrons. The first-order chi connectivity index (χ1) is 10.2. The van der Waals surface area contributed by atoms with E-state index in [1.807, 2.05) is 6.07 Å². The Morgan fingerprint density at radius 2 is 1.76 bits per heavy atom. The van der Waals surface area contributed by atoms with Crippen molar-refractivity contribution >= 4 is 11.7 Å². The normalized spacial score (nSPS) is 15.9. The van der Waals surface area contributed by atoms with E-state index in [1.165, 1.54) is 5.56 Å². The van der Waals surface area contributed by atoms with Gasteiger partial charge in [0.05, 0.1) is 0 Å². The highest BCUT2D eigenvalue weighted by atomic mass is 16.1. The molecule has 5 nitrogen and oxygen atoms in total. The molecule has 21 heavy (non-hydrogen) atoms. The van der Waals surface area contributed by atoms with Crippen LogP contribution in [0.2, 0.25) is 0 Å². The number of carbonyl (C=O) groups is 1. The van der Waals surface area contributed by atoms with Gasteiger partial charge in [0.2, 0.25) is 0 Å².